The molecule has 0 unspecified atom stereocenters. The van der Waals surface area contributed by atoms with Crippen LogP contribution in [0.15, 0.2) is 77.5 Å². The molecule has 3 amide bonds. The van der Waals surface area contributed by atoms with E-state index >= 15 is 0 Å². The van der Waals surface area contributed by atoms with Crippen molar-refractivity contribution >= 4 is 40.7 Å². The van der Waals surface area contributed by atoms with Crippen LogP contribution < -0.4 is 19.7 Å². The number of hydrogen-bond acceptors (Lipinski definition) is 6. The number of imide groups is 1. The number of carbonyl (C=O) groups is 3. The molecule has 0 saturated heterocycles. The van der Waals surface area contributed by atoms with E-state index in [2.05, 4.69) is 11.4 Å². The molecule has 0 radical (unpaired) electrons. The third kappa shape index (κ3) is 4.51. The van der Waals surface area contributed by atoms with Crippen molar-refractivity contribution in [3.63, 3.8) is 0 Å². The maximum Gasteiger partial charge on any atom is 0.283 e. The second kappa shape index (κ2) is 9.99. The predicted molar refractivity (Wildman–Crippen MR) is 140 cm³/mol. The van der Waals surface area contributed by atoms with Gasteiger partial charge in [0.05, 0.1) is 19.9 Å². The molecule has 37 heavy (non-hydrogen) atoms. The Balaban J connectivity index is 1.36. The highest BCUT2D eigenvalue weighted by atomic mass is 35.5. The van der Waals surface area contributed by atoms with Crippen LogP contribution >= 0.6 is 11.6 Å². The molecule has 0 spiro atoms. The van der Waals surface area contributed by atoms with Gasteiger partial charge in [-0.25, -0.2) is 4.90 Å². The zero-order valence-corrected chi connectivity index (χ0v) is 21.0. The quantitative estimate of drug-likeness (QED) is 0.489. The van der Waals surface area contributed by atoms with Gasteiger partial charge in [0.15, 0.2) is 0 Å². The van der Waals surface area contributed by atoms with Crippen molar-refractivity contribution < 1.29 is 23.9 Å². The minimum Gasteiger partial charge on any atom is -0.497 e. The van der Waals surface area contributed by atoms with E-state index in [1.165, 1.54) is 19.8 Å². The van der Waals surface area contributed by atoms with Gasteiger partial charge in [-0.1, -0.05) is 41.9 Å². The first kappa shape index (κ1) is 24.4. The van der Waals surface area contributed by atoms with Gasteiger partial charge < -0.3 is 19.7 Å². The molecule has 9 heteroatoms. The molecule has 0 aromatic heterocycles. The lowest BCUT2D eigenvalue weighted by atomic mass is 9.99. The third-order valence-electron chi connectivity index (χ3n) is 6.45. The van der Waals surface area contributed by atoms with Gasteiger partial charge in [0, 0.05) is 30.4 Å². The summed E-state index contributed by atoms with van der Waals surface area (Å²) >= 11 is 6.31. The predicted octanol–water partition coefficient (Wildman–Crippen LogP) is 4.34. The maximum absolute atomic E-state index is 13.3. The first-order valence-corrected chi connectivity index (χ1v) is 12.0. The first-order valence-electron chi connectivity index (χ1n) is 11.6. The molecule has 2 aliphatic rings. The Labute approximate surface area is 219 Å². The van der Waals surface area contributed by atoms with E-state index < -0.39 is 11.8 Å². The number of hydrogen-bond donors (Lipinski definition) is 1. The van der Waals surface area contributed by atoms with Crippen LogP contribution in [0.4, 0.5) is 11.4 Å². The standard InChI is InChI=1S/C28H24ClN3O5/c1-36-21-10-11-22(23(15-21)37-2)32-27(34)24(29)25(28(32)35)30-20-9-5-8-18(14-20)26(33)31-13-12-17-6-3-4-7-19(17)16-31/h3-11,14-15,30H,12-13,16H2,1-2H3. The van der Waals surface area contributed by atoms with E-state index in [9.17, 15) is 14.4 Å². The lowest BCUT2D eigenvalue weighted by molar-refractivity contribution is -0.120. The first-order chi connectivity index (χ1) is 17.9. The number of amides is 3. The molecule has 2 aliphatic heterocycles. The summed E-state index contributed by atoms with van der Waals surface area (Å²) in [6.07, 6.45) is 0.795. The summed E-state index contributed by atoms with van der Waals surface area (Å²) in [5.41, 5.74) is 3.47. The van der Waals surface area contributed by atoms with Gasteiger partial charge in [0.25, 0.3) is 17.7 Å². The van der Waals surface area contributed by atoms with Crippen molar-refractivity contribution in [2.24, 2.45) is 0 Å². The fourth-order valence-electron chi connectivity index (χ4n) is 4.53. The topological polar surface area (TPSA) is 88.2 Å². The third-order valence-corrected chi connectivity index (χ3v) is 6.80. The number of benzene rings is 3. The molecule has 188 valence electrons. The van der Waals surface area contributed by atoms with E-state index in [0.717, 1.165) is 16.9 Å². The van der Waals surface area contributed by atoms with Crippen molar-refractivity contribution in [2.75, 3.05) is 31.0 Å². The molecule has 2 heterocycles. The molecule has 3 aromatic carbocycles. The van der Waals surface area contributed by atoms with Crippen molar-refractivity contribution in [3.05, 3.63) is 94.1 Å². The molecule has 0 bridgehead atoms. The fraction of sp³-hybridized carbons (Fsp3) is 0.179. The Kier molecular flexibility index (Phi) is 6.58. The summed E-state index contributed by atoms with van der Waals surface area (Å²) < 4.78 is 10.5. The zero-order valence-electron chi connectivity index (χ0n) is 20.3. The van der Waals surface area contributed by atoms with Gasteiger partial charge in [0.2, 0.25) is 0 Å². The maximum atomic E-state index is 13.3. The smallest absolute Gasteiger partial charge is 0.283 e. The SMILES string of the molecule is COc1ccc(N2C(=O)C(Cl)=C(Nc3cccc(C(=O)N4CCc5ccccc5C4)c3)C2=O)c(OC)c1. The minimum absolute atomic E-state index is 0.0824. The molecule has 0 atom stereocenters. The average Bonchev–Trinajstić information content (AvgIpc) is 3.14. The number of anilines is 2. The molecule has 0 aliphatic carbocycles. The van der Waals surface area contributed by atoms with Crippen LogP contribution in [0.1, 0.15) is 21.5 Å². The highest BCUT2D eigenvalue weighted by Gasteiger charge is 2.40. The van der Waals surface area contributed by atoms with Gasteiger partial charge in [-0.05, 0) is 47.9 Å². The molecule has 3 aromatic rings. The lowest BCUT2D eigenvalue weighted by Gasteiger charge is -2.29. The van der Waals surface area contributed by atoms with Crippen LogP contribution in [-0.2, 0) is 22.6 Å². The highest BCUT2D eigenvalue weighted by molar-refractivity contribution is 6.53. The van der Waals surface area contributed by atoms with E-state index in [0.29, 0.717) is 30.1 Å². The Morgan fingerprint density at radius 1 is 0.919 bits per heavy atom. The average molecular weight is 518 g/mol. The van der Waals surface area contributed by atoms with Gasteiger partial charge in [0.1, 0.15) is 22.2 Å². The van der Waals surface area contributed by atoms with E-state index in [4.69, 9.17) is 21.1 Å². The number of rotatable bonds is 6. The fourth-order valence-corrected chi connectivity index (χ4v) is 4.74. The molecule has 1 N–H and O–H groups in total. The van der Waals surface area contributed by atoms with Crippen LogP contribution in [0.25, 0.3) is 0 Å². The Hall–Kier alpha value is -4.30. The van der Waals surface area contributed by atoms with Gasteiger partial charge >= 0.3 is 0 Å². The molecular weight excluding hydrogens is 494 g/mol. The summed E-state index contributed by atoms with van der Waals surface area (Å²) in [6, 6.07) is 19.6. The van der Waals surface area contributed by atoms with Crippen LogP contribution in [0.3, 0.4) is 0 Å². The number of nitrogens with zero attached hydrogens (tertiary/aromatic N) is 2. The minimum atomic E-state index is -0.683. The Morgan fingerprint density at radius 2 is 1.70 bits per heavy atom. The zero-order chi connectivity index (χ0) is 26.1. The molecule has 0 saturated carbocycles. The van der Waals surface area contributed by atoms with Crippen LogP contribution in [0.5, 0.6) is 11.5 Å². The van der Waals surface area contributed by atoms with Gasteiger partial charge in [-0.3, -0.25) is 14.4 Å². The molecule has 8 nitrogen and oxygen atoms in total. The molecule has 0 fully saturated rings. The summed E-state index contributed by atoms with van der Waals surface area (Å²) in [5, 5.41) is 2.69. The molecular formula is C28H24ClN3O5. The van der Waals surface area contributed by atoms with Crippen molar-refractivity contribution in [1.29, 1.82) is 0 Å². The number of nitrogens with one attached hydrogen (secondary N) is 1. The number of methoxy groups -OCH3 is 2. The van der Waals surface area contributed by atoms with Crippen LogP contribution in [0, 0.1) is 0 Å². The lowest BCUT2D eigenvalue weighted by Crippen LogP contribution is -2.36. The van der Waals surface area contributed by atoms with E-state index in [1.807, 2.05) is 18.2 Å². The molecule has 5 rings (SSSR count). The van der Waals surface area contributed by atoms with Crippen LogP contribution in [-0.4, -0.2) is 43.4 Å². The summed E-state index contributed by atoms with van der Waals surface area (Å²) in [5.74, 6) is -0.644. The van der Waals surface area contributed by atoms with Crippen LogP contribution in [0.2, 0.25) is 0 Å². The normalized spacial score (nSPS) is 15.1. The summed E-state index contributed by atoms with van der Waals surface area (Å²) in [7, 11) is 2.94. The highest BCUT2D eigenvalue weighted by Crippen LogP contribution is 2.37. The number of fused-ring (bicyclic) bond motifs is 1. The van der Waals surface area contributed by atoms with Gasteiger partial charge in [-0.15, -0.1) is 0 Å². The Bertz CT molecular complexity index is 1450. The van der Waals surface area contributed by atoms with Crippen molar-refractivity contribution in [3.8, 4) is 11.5 Å². The van der Waals surface area contributed by atoms with E-state index in [1.54, 1.807) is 47.4 Å². The van der Waals surface area contributed by atoms with Crippen molar-refractivity contribution in [1.82, 2.24) is 4.90 Å². The van der Waals surface area contributed by atoms with E-state index in [-0.39, 0.29) is 28.1 Å². The van der Waals surface area contributed by atoms with Gasteiger partial charge in [-0.2, -0.15) is 0 Å². The van der Waals surface area contributed by atoms with Crippen molar-refractivity contribution in [2.45, 2.75) is 13.0 Å². The summed E-state index contributed by atoms with van der Waals surface area (Å²) in [6.45, 7) is 1.16. The summed E-state index contributed by atoms with van der Waals surface area (Å²) in [4.78, 5) is 42.2. The number of halogens is 1. The second-order valence-electron chi connectivity index (χ2n) is 8.62. The monoisotopic (exact) mass is 517 g/mol. The Morgan fingerprint density at radius 3 is 2.46 bits per heavy atom. The largest absolute Gasteiger partial charge is 0.497 e. The number of carbonyl (C=O) groups excluding carboxylic acids is 3. The number of ether oxygens (including phenoxy) is 2. The second-order valence-corrected chi connectivity index (χ2v) is 9.00.